The number of ether oxygens (including phenoxy) is 10. The van der Waals surface area contributed by atoms with E-state index in [9.17, 15) is 4.79 Å². The van der Waals surface area contributed by atoms with Crippen LogP contribution >= 0.6 is 0 Å². The van der Waals surface area contributed by atoms with Crippen molar-refractivity contribution in [3.8, 4) is 0 Å². The van der Waals surface area contributed by atoms with Gasteiger partial charge in [0.15, 0.2) is 6.29 Å². The Kier molecular flexibility index (Phi) is 27.6. The standard InChI is InChI=1S/C70H88O11/c1-2-64(75-48-57-29-12-4-13-30-57)66(76-49-58-31-14-5-15-32-58)62(46-63(71)39-22-9-24-42-72-43-25-23-26-55-40-44-73-45-41-55)53-80-70-69(79-52-61-37-20-8-21-38-61)68(78-51-60-35-18-7-19-36-60)67(77-50-59-33-16-6-17-34-59)65(81-70)54-74-47-56-27-10-3-11-28-56/h3-8,10-21,27-38,55,62,64-70H,2,9,22-26,39-54H2,1H3/t62-,64+,65?,66-,67?,68?,69?,70?/m0/s1. The third kappa shape index (κ3) is 22.0. The van der Waals surface area contributed by atoms with Gasteiger partial charge < -0.3 is 47.4 Å². The molecule has 0 N–H and O–H groups in total. The maximum atomic E-state index is 14.5. The highest BCUT2D eigenvalue weighted by Gasteiger charge is 2.50. The number of carbonyl (C=O) groups excluding carboxylic acids is 1. The molecule has 2 fully saturated rings. The highest BCUT2D eigenvalue weighted by atomic mass is 16.7. The molecular weight excluding hydrogens is 1020 g/mol. The minimum absolute atomic E-state index is 0.104. The van der Waals surface area contributed by atoms with Crippen LogP contribution in [-0.4, -0.2) is 88.3 Å². The number of hydrogen-bond donors (Lipinski definition) is 0. The molecule has 81 heavy (non-hydrogen) atoms. The molecule has 0 spiro atoms. The van der Waals surface area contributed by atoms with E-state index in [4.69, 9.17) is 47.4 Å². The van der Waals surface area contributed by atoms with Gasteiger partial charge in [0.1, 0.15) is 30.2 Å². The van der Waals surface area contributed by atoms with Gasteiger partial charge in [-0.05, 0) is 77.8 Å². The van der Waals surface area contributed by atoms with Crippen molar-refractivity contribution >= 4 is 5.78 Å². The Morgan fingerprint density at radius 1 is 0.494 bits per heavy atom. The van der Waals surface area contributed by atoms with Gasteiger partial charge in [0, 0.05) is 45.2 Å². The minimum atomic E-state index is -0.976. The summed E-state index contributed by atoms with van der Waals surface area (Å²) in [6, 6.07) is 60.8. The zero-order valence-electron chi connectivity index (χ0n) is 47.8. The molecule has 6 aromatic rings. The molecular formula is C70H88O11. The normalized spacial score (nSPS) is 19.7. The van der Waals surface area contributed by atoms with Crippen LogP contribution in [0.4, 0.5) is 0 Å². The van der Waals surface area contributed by atoms with Crippen molar-refractivity contribution in [2.24, 2.45) is 11.8 Å². The summed E-state index contributed by atoms with van der Waals surface area (Å²) in [7, 11) is 0. The van der Waals surface area contributed by atoms with Crippen LogP contribution in [0.15, 0.2) is 182 Å². The number of Topliss-reactive ketones (excluding diaryl/α,β-unsaturated/α-hetero) is 1. The molecule has 2 aliphatic rings. The molecule has 2 heterocycles. The van der Waals surface area contributed by atoms with Crippen molar-refractivity contribution in [1.82, 2.24) is 0 Å². The molecule has 0 aliphatic carbocycles. The van der Waals surface area contributed by atoms with Crippen molar-refractivity contribution < 1.29 is 52.2 Å². The average Bonchev–Trinajstić information content (AvgIpc) is 3.64. The fourth-order valence-electron chi connectivity index (χ4n) is 10.8. The zero-order valence-corrected chi connectivity index (χ0v) is 47.8. The fraction of sp³-hybridized carbons (Fsp3) is 0.471. The molecule has 0 amide bonds. The van der Waals surface area contributed by atoms with Crippen LogP contribution in [0.1, 0.15) is 111 Å². The molecule has 11 nitrogen and oxygen atoms in total. The van der Waals surface area contributed by atoms with Crippen molar-refractivity contribution in [1.29, 1.82) is 0 Å². The van der Waals surface area contributed by atoms with Crippen LogP contribution in [0.5, 0.6) is 0 Å². The smallest absolute Gasteiger partial charge is 0.186 e. The lowest BCUT2D eigenvalue weighted by atomic mass is 9.90. The molecule has 434 valence electrons. The van der Waals surface area contributed by atoms with E-state index in [0.717, 1.165) is 84.8 Å². The van der Waals surface area contributed by atoms with E-state index < -0.39 is 42.7 Å². The van der Waals surface area contributed by atoms with E-state index in [-0.39, 0.29) is 38.1 Å². The zero-order chi connectivity index (χ0) is 55.8. The lowest BCUT2D eigenvalue weighted by molar-refractivity contribution is -0.331. The predicted molar refractivity (Wildman–Crippen MR) is 316 cm³/mol. The second-order valence-corrected chi connectivity index (χ2v) is 21.6. The van der Waals surface area contributed by atoms with Crippen LogP contribution in [0, 0.1) is 11.8 Å². The van der Waals surface area contributed by atoms with Gasteiger partial charge in [0.25, 0.3) is 0 Å². The minimum Gasteiger partial charge on any atom is -0.381 e. The molecule has 8 atom stereocenters. The predicted octanol–water partition coefficient (Wildman–Crippen LogP) is 14.0. The summed E-state index contributed by atoms with van der Waals surface area (Å²) in [5.41, 5.74) is 6.12. The molecule has 0 saturated carbocycles. The third-order valence-corrected chi connectivity index (χ3v) is 15.4. The Bertz CT molecular complexity index is 2540. The summed E-state index contributed by atoms with van der Waals surface area (Å²) in [4.78, 5) is 14.5. The molecule has 8 rings (SSSR count). The van der Waals surface area contributed by atoms with Gasteiger partial charge in [0.05, 0.1) is 65.1 Å². The van der Waals surface area contributed by atoms with Gasteiger partial charge in [-0.15, -0.1) is 0 Å². The topological polar surface area (TPSA) is 109 Å². The van der Waals surface area contributed by atoms with Crippen molar-refractivity contribution in [2.45, 2.75) is 160 Å². The monoisotopic (exact) mass is 1100 g/mol. The van der Waals surface area contributed by atoms with Crippen molar-refractivity contribution in [3.05, 3.63) is 215 Å². The lowest BCUT2D eigenvalue weighted by Gasteiger charge is -2.46. The van der Waals surface area contributed by atoms with Crippen LogP contribution in [-0.2, 0) is 91.8 Å². The maximum Gasteiger partial charge on any atom is 0.186 e. The first kappa shape index (κ1) is 61.7. The van der Waals surface area contributed by atoms with Crippen LogP contribution < -0.4 is 0 Å². The highest BCUT2D eigenvalue weighted by molar-refractivity contribution is 5.78. The molecule has 11 heteroatoms. The quantitative estimate of drug-likeness (QED) is 0.0346. The summed E-state index contributed by atoms with van der Waals surface area (Å²) in [6.07, 6.45) is 5.13. The first-order valence-electron chi connectivity index (χ1n) is 29.9. The average molecular weight is 1110 g/mol. The molecule has 2 saturated heterocycles. The summed E-state index contributed by atoms with van der Waals surface area (Å²) in [5, 5.41) is 0. The molecule has 6 aromatic carbocycles. The highest BCUT2D eigenvalue weighted by Crippen LogP contribution is 2.34. The van der Waals surface area contributed by atoms with Crippen molar-refractivity contribution in [3.63, 3.8) is 0 Å². The van der Waals surface area contributed by atoms with Crippen LogP contribution in [0.25, 0.3) is 0 Å². The first-order chi connectivity index (χ1) is 40.1. The maximum absolute atomic E-state index is 14.5. The van der Waals surface area contributed by atoms with Gasteiger partial charge >= 0.3 is 0 Å². The van der Waals surface area contributed by atoms with Gasteiger partial charge in [-0.3, -0.25) is 4.79 Å². The molecule has 5 unspecified atom stereocenters. The second kappa shape index (κ2) is 36.2. The second-order valence-electron chi connectivity index (χ2n) is 21.6. The van der Waals surface area contributed by atoms with E-state index in [1.165, 1.54) is 25.7 Å². The summed E-state index contributed by atoms with van der Waals surface area (Å²) in [6.45, 7) is 7.64. The Balaban J connectivity index is 1.05. The van der Waals surface area contributed by atoms with E-state index in [0.29, 0.717) is 52.5 Å². The number of hydrogen-bond acceptors (Lipinski definition) is 11. The van der Waals surface area contributed by atoms with Crippen LogP contribution in [0.2, 0.25) is 0 Å². The largest absolute Gasteiger partial charge is 0.381 e. The summed E-state index contributed by atoms with van der Waals surface area (Å²) < 4.78 is 67.4. The number of benzene rings is 6. The van der Waals surface area contributed by atoms with Crippen molar-refractivity contribution in [2.75, 3.05) is 39.6 Å². The Labute approximate surface area is 482 Å². The first-order valence-corrected chi connectivity index (χ1v) is 29.9. The molecule has 0 radical (unpaired) electrons. The van der Waals surface area contributed by atoms with E-state index in [1.807, 2.05) is 133 Å². The molecule has 2 aliphatic heterocycles. The van der Waals surface area contributed by atoms with Crippen LogP contribution in [0.3, 0.4) is 0 Å². The van der Waals surface area contributed by atoms with Gasteiger partial charge in [-0.1, -0.05) is 208 Å². The molecule has 0 bridgehead atoms. The van der Waals surface area contributed by atoms with E-state index in [1.54, 1.807) is 0 Å². The number of rotatable bonds is 38. The number of unbranched alkanes of at least 4 members (excludes halogenated alkanes) is 3. The summed E-state index contributed by atoms with van der Waals surface area (Å²) >= 11 is 0. The van der Waals surface area contributed by atoms with Gasteiger partial charge in [0.2, 0.25) is 0 Å². The fourth-order valence-corrected chi connectivity index (χ4v) is 10.8. The Morgan fingerprint density at radius 2 is 0.963 bits per heavy atom. The Morgan fingerprint density at radius 3 is 1.49 bits per heavy atom. The molecule has 0 aromatic heterocycles. The van der Waals surface area contributed by atoms with E-state index >= 15 is 0 Å². The number of ketones is 1. The Hall–Kier alpha value is -5.41. The van der Waals surface area contributed by atoms with E-state index in [2.05, 4.69) is 55.5 Å². The number of carbonyl (C=O) groups is 1. The van der Waals surface area contributed by atoms with Gasteiger partial charge in [-0.25, -0.2) is 0 Å². The SMILES string of the molecule is CC[C@@H](OCc1ccccc1)[C@@H](OCc1ccccc1)[C@H](COC1OC(COCc2ccccc2)C(OCc2ccccc2)C(OCc2ccccc2)C1OCc1ccccc1)CC(=O)CCCCCOCCCCC1CCOCC1. The lowest BCUT2D eigenvalue weighted by Crippen LogP contribution is -2.62. The third-order valence-electron chi connectivity index (χ3n) is 15.4. The van der Waals surface area contributed by atoms with Gasteiger partial charge in [-0.2, -0.15) is 0 Å². The summed E-state index contributed by atoms with van der Waals surface area (Å²) in [5.74, 6) is 0.502.